The third-order valence-electron chi connectivity index (χ3n) is 3.53. The average molecular weight is 395 g/mol. The van der Waals surface area contributed by atoms with Gasteiger partial charge in [-0.05, 0) is 30.3 Å². The first-order chi connectivity index (χ1) is 11.9. The Labute approximate surface area is 158 Å². The molecule has 138 valence electrons. The van der Waals surface area contributed by atoms with Gasteiger partial charge in [0.2, 0.25) is 0 Å². The van der Waals surface area contributed by atoms with Crippen LogP contribution in [0.2, 0.25) is 0 Å². The second-order valence-electron chi connectivity index (χ2n) is 5.53. The van der Waals surface area contributed by atoms with E-state index < -0.39 is 10.2 Å². The third kappa shape index (κ3) is 4.13. The number of nitrogens with two attached hydrogens (primary N) is 1. The van der Waals surface area contributed by atoms with Crippen molar-refractivity contribution < 1.29 is 8.42 Å². The van der Waals surface area contributed by atoms with Gasteiger partial charge < -0.3 is 5.73 Å². The second kappa shape index (κ2) is 7.73. The number of nitrogens with zero attached hydrogens (tertiary/aromatic N) is 4. The van der Waals surface area contributed by atoms with E-state index in [1.807, 2.05) is 16.7 Å². The zero-order valence-electron chi connectivity index (χ0n) is 14.2. The molecule has 0 saturated carbocycles. The van der Waals surface area contributed by atoms with Crippen molar-refractivity contribution in [1.29, 1.82) is 0 Å². The van der Waals surface area contributed by atoms with Crippen molar-refractivity contribution in [3.8, 4) is 17.1 Å². The first-order valence-corrected chi connectivity index (χ1v) is 8.87. The molecule has 8 nitrogen and oxygen atoms in total. The summed E-state index contributed by atoms with van der Waals surface area (Å²) in [6, 6.07) is 10.6. The number of aromatic nitrogens is 3. The highest BCUT2D eigenvalue weighted by atomic mass is 35.5. The maximum Gasteiger partial charge on any atom is 0.301 e. The number of benzene rings is 1. The fourth-order valence-corrected chi connectivity index (χ4v) is 2.88. The van der Waals surface area contributed by atoms with Crippen molar-refractivity contribution >= 4 is 34.1 Å². The summed E-state index contributed by atoms with van der Waals surface area (Å²) in [6.07, 6.45) is 5.08. The highest BCUT2D eigenvalue weighted by Crippen LogP contribution is 2.24. The molecule has 0 aliphatic rings. The molecule has 10 heteroatoms. The monoisotopic (exact) mass is 394 g/mol. The fraction of sp³-hybridized carbons (Fsp3) is 0.125. The van der Waals surface area contributed by atoms with E-state index in [-0.39, 0.29) is 12.4 Å². The minimum Gasteiger partial charge on any atom is -0.384 e. The van der Waals surface area contributed by atoms with Crippen LogP contribution in [0.4, 0.5) is 11.5 Å². The SMILES string of the molecule is CN(C)S(=O)(=O)Nc1cccc(-n2ccnc2-c2ccnc(N)c2)c1.Cl. The first kappa shape index (κ1) is 19.7. The molecule has 0 atom stereocenters. The fourth-order valence-electron chi connectivity index (χ4n) is 2.27. The molecule has 0 spiro atoms. The lowest BCUT2D eigenvalue weighted by Crippen LogP contribution is -2.28. The van der Waals surface area contributed by atoms with Gasteiger partial charge in [0.25, 0.3) is 0 Å². The normalized spacial score (nSPS) is 11.2. The molecule has 0 saturated heterocycles. The van der Waals surface area contributed by atoms with Crippen LogP contribution in [-0.4, -0.2) is 41.4 Å². The van der Waals surface area contributed by atoms with E-state index in [0.717, 1.165) is 15.6 Å². The lowest BCUT2D eigenvalue weighted by Gasteiger charge is -2.15. The van der Waals surface area contributed by atoms with Crippen molar-refractivity contribution in [2.45, 2.75) is 0 Å². The van der Waals surface area contributed by atoms with Gasteiger partial charge in [-0.25, -0.2) is 9.97 Å². The number of nitrogen functional groups attached to an aromatic ring is 1. The standard InChI is InChI=1S/C16H18N6O2S.ClH/c1-21(2)25(23,24)20-13-4-3-5-14(11-13)22-9-8-19-16(22)12-6-7-18-15(17)10-12;/h3-11,20H,1-2H3,(H2,17,18);1H. The third-order valence-corrected chi connectivity index (χ3v) is 4.99. The summed E-state index contributed by atoms with van der Waals surface area (Å²) in [5.41, 5.74) is 7.79. The Morgan fingerprint density at radius 1 is 1.12 bits per heavy atom. The van der Waals surface area contributed by atoms with Crippen LogP contribution in [0.1, 0.15) is 0 Å². The van der Waals surface area contributed by atoms with Gasteiger partial charge in [0.05, 0.1) is 5.69 Å². The Morgan fingerprint density at radius 2 is 1.88 bits per heavy atom. The van der Waals surface area contributed by atoms with Crippen LogP contribution >= 0.6 is 12.4 Å². The van der Waals surface area contributed by atoms with Gasteiger partial charge in [-0.3, -0.25) is 9.29 Å². The number of pyridine rings is 1. The predicted octanol–water partition coefficient (Wildman–Crippen LogP) is 2.16. The smallest absolute Gasteiger partial charge is 0.301 e. The molecular weight excluding hydrogens is 376 g/mol. The summed E-state index contributed by atoms with van der Waals surface area (Å²) in [5, 5.41) is 0. The maximum atomic E-state index is 12.0. The molecule has 0 fully saturated rings. The number of hydrogen-bond acceptors (Lipinski definition) is 5. The molecule has 0 unspecified atom stereocenters. The van der Waals surface area contributed by atoms with Crippen molar-refractivity contribution in [1.82, 2.24) is 18.8 Å². The minimum atomic E-state index is -3.57. The molecule has 0 aliphatic heterocycles. The molecule has 2 aromatic heterocycles. The Hall–Kier alpha value is -2.62. The summed E-state index contributed by atoms with van der Waals surface area (Å²) in [6.45, 7) is 0. The minimum absolute atomic E-state index is 0. The van der Waals surface area contributed by atoms with Crippen molar-refractivity contribution in [2.24, 2.45) is 0 Å². The molecule has 1 aromatic carbocycles. The highest BCUT2D eigenvalue weighted by Gasteiger charge is 2.14. The van der Waals surface area contributed by atoms with Crippen LogP contribution in [-0.2, 0) is 10.2 Å². The second-order valence-corrected chi connectivity index (χ2v) is 7.41. The highest BCUT2D eigenvalue weighted by molar-refractivity contribution is 7.90. The molecule has 3 aromatic rings. The van der Waals surface area contributed by atoms with Gasteiger partial charge in [0, 0.05) is 43.9 Å². The largest absolute Gasteiger partial charge is 0.384 e. The van der Waals surface area contributed by atoms with E-state index in [9.17, 15) is 8.42 Å². The van der Waals surface area contributed by atoms with Crippen LogP contribution < -0.4 is 10.5 Å². The number of halogens is 1. The summed E-state index contributed by atoms with van der Waals surface area (Å²) >= 11 is 0. The van der Waals surface area contributed by atoms with E-state index >= 15 is 0 Å². The Bertz CT molecular complexity index is 1000. The summed E-state index contributed by atoms with van der Waals surface area (Å²) in [5.74, 6) is 1.08. The van der Waals surface area contributed by atoms with E-state index in [1.165, 1.54) is 14.1 Å². The Balaban J connectivity index is 0.00000243. The van der Waals surface area contributed by atoms with Crippen molar-refractivity contribution in [3.63, 3.8) is 0 Å². The lowest BCUT2D eigenvalue weighted by molar-refractivity contribution is 0.527. The van der Waals surface area contributed by atoms with Crippen LogP contribution in [0, 0.1) is 0 Å². The molecule has 3 rings (SSSR count). The van der Waals surface area contributed by atoms with Crippen LogP contribution in [0.3, 0.4) is 0 Å². The Kier molecular flexibility index (Phi) is 5.86. The Morgan fingerprint density at radius 3 is 2.58 bits per heavy atom. The molecule has 0 aliphatic carbocycles. The molecule has 26 heavy (non-hydrogen) atoms. The van der Waals surface area contributed by atoms with E-state index in [1.54, 1.807) is 42.9 Å². The van der Waals surface area contributed by atoms with Gasteiger partial charge in [-0.1, -0.05) is 6.07 Å². The van der Waals surface area contributed by atoms with Gasteiger partial charge in [0.15, 0.2) is 0 Å². The van der Waals surface area contributed by atoms with Gasteiger partial charge >= 0.3 is 10.2 Å². The summed E-state index contributed by atoms with van der Waals surface area (Å²) < 4.78 is 29.5. The average Bonchev–Trinajstić information content (AvgIpc) is 3.04. The lowest BCUT2D eigenvalue weighted by atomic mass is 10.2. The summed E-state index contributed by atoms with van der Waals surface area (Å²) in [7, 11) is -0.639. The molecule has 2 heterocycles. The van der Waals surface area contributed by atoms with E-state index in [4.69, 9.17) is 5.73 Å². The zero-order chi connectivity index (χ0) is 18.0. The molecule has 3 N–H and O–H groups in total. The zero-order valence-corrected chi connectivity index (χ0v) is 15.8. The number of rotatable bonds is 5. The summed E-state index contributed by atoms with van der Waals surface area (Å²) in [4.78, 5) is 8.35. The number of nitrogens with one attached hydrogen (secondary N) is 1. The number of imidazole rings is 1. The maximum absolute atomic E-state index is 12.0. The first-order valence-electron chi connectivity index (χ1n) is 7.43. The molecular formula is C16H19ClN6O2S. The quantitative estimate of drug-likeness (QED) is 0.689. The van der Waals surface area contributed by atoms with E-state index in [0.29, 0.717) is 17.3 Å². The molecule has 0 radical (unpaired) electrons. The van der Waals surface area contributed by atoms with Gasteiger partial charge in [-0.2, -0.15) is 12.7 Å². The molecule has 0 bridgehead atoms. The molecule has 0 amide bonds. The van der Waals surface area contributed by atoms with Crippen LogP contribution in [0.25, 0.3) is 17.1 Å². The van der Waals surface area contributed by atoms with Gasteiger partial charge in [-0.15, -0.1) is 12.4 Å². The topological polar surface area (TPSA) is 106 Å². The van der Waals surface area contributed by atoms with Gasteiger partial charge in [0.1, 0.15) is 11.6 Å². The van der Waals surface area contributed by atoms with Crippen molar-refractivity contribution in [2.75, 3.05) is 24.6 Å². The van der Waals surface area contributed by atoms with Crippen LogP contribution in [0.15, 0.2) is 55.0 Å². The predicted molar refractivity (Wildman–Crippen MR) is 105 cm³/mol. The number of hydrogen-bond donors (Lipinski definition) is 2. The van der Waals surface area contributed by atoms with E-state index in [2.05, 4.69) is 14.7 Å². The van der Waals surface area contributed by atoms with Crippen molar-refractivity contribution in [3.05, 3.63) is 55.0 Å². The van der Waals surface area contributed by atoms with Crippen LogP contribution in [0.5, 0.6) is 0 Å². The number of anilines is 2.